The molecular weight excluding hydrogens is 260 g/mol. The maximum Gasteiger partial charge on any atom is 0.142 e. The summed E-state index contributed by atoms with van der Waals surface area (Å²) in [6.07, 6.45) is 1.77. The number of methoxy groups -OCH3 is 1. The molecule has 2 aromatic rings. The lowest BCUT2D eigenvalue weighted by molar-refractivity contribution is 0.400. The average Bonchev–Trinajstić information content (AvgIpc) is 2.45. The van der Waals surface area contributed by atoms with E-state index in [0.29, 0.717) is 0 Å². The summed E-state index contributed by atoms with van der Waals surface area (Å²) in [6.45, 7) is 2.89. The van der Waals surface area contributed by atoms with E-state index in [4.69, 9.17) is 16.3 Å². The van der Waals surface area contributed by atoms with E-state index in [1.807, 2.05) is 36.4 Å². The van der Waals surface area contributed by atoms with E-state index in [9.17, 15) is 0 Å². The second-order valence-electron chi connectivity index (χ2n) is 4.14. The molecule has 2 rings (SSSR count). The van der Waals surface area contributed by atoms with Crippen molar-refractivity contribution >= 4 is 11.6 Å². The van der Waals surface area contributed by atoms with Crippen LogP contribution in [0.15, 0.2) is 42.6 Å². The first kappa shape index (κ1) is 13.8. The molecule has 1 aromatic heterocycles. The summed E-state index contributed by atoms with van der Waals surface area (Å²) in [4.78, 5) is 4.44. The van der Waals surface area contributed by atoms with Crippen LogP contribution in [0, 0.1) is 0 Å². The quantitative estimate of drug-likeness (QED) is 0.908. The van der Waals surface area contributed by atoms with Crippen molar-refractivity contribution in [2.24, 2.45) is 0 Å². The van der Waals surface area contributed by atoms with E-state index in [-0.39, 0.29) is 6.04 Å². The van der Waals surface area contributed by atoms with Gasteiger partial charge in [-0.3, -0.25) is 4.98 Å². The third-order valence-corrected chi connectivity index (χ3v) is 3.12. The van der Waals surface area contributed by atoms with Crippen molar-refractivity contribution in [1.29, 1.82) is 0 Å². The van der Waals surface area contributed by atoms with E-state index in [1.165, 1.54) is 0 Å². The zero-order valence-corrected chi connectivity index (χ0v) is 11.8. The fourth-order valence-corrected chi connectivity index (χ4v) is 2.25. The smallest absolute Gasteiger partial charge is 0.142 e. The molecule has 1 heterocycles. The lowest BCUT2D eigenvalue weighted by Gasteiger charge is -2.20. The number of hydrogen-bond acceptors (Lipinski definition) is 3. The highest BCUT2D eigenvalue weighted by Crippen LogP contribution is 2.29. The monoisotopic (exact) mass is 276 g/mol. The van der Waals surface area contributed by atoms with Crippen LogP contribution in [-0.2, 0) is 0 Å². The zero-order valence-electron chi connectivity index (χ0n) is 11.1. The molecule has 4 heteroatoms. The van der Waals surface area contributed by atoms with Crippen LogP contribution in [0.3, 0.4) is 0 Å². The van der Waals surface area contributed by atoms with Gasteiger partial charge in [0.1, 0.15) is 11.4 Å². The molecule has 0 radical (unpaired) electrons. The number of rotatable bonds is 5. The van der Waals surface area contributed by atoms with Gasteiger partial charge in [0, 0.05) is 11.2 Å². The van der Waals surface area contributed by atoms with Gasteiger partial charge in [-0.05, 0) is 36.4 Å². The number of pyridine rings is 1. The minimum atomic E-state index is -0.0279. The first-order valence-electron chi connectivity index (χ1n) is 6.24. The van der Waals surface area contributed by atoms with Crippen molar-refractivity contribution in [3.63, 3.8) is 0 Å². The van der Waals surface area contributed by atoms with Crippen molar-refractivity contribution in [2.45, 2.75) is 13.0 Å². The van der Waals surface area contributed by atoms with Gasteiger partial charge < -0.3 is 10.1 Å². The van der Waals surface area contributed by atoms with Crippen molar-refractivity contribution in [3.8, 4) is 5.75 Å². The summed E-state index contributed by atoms with van der Waals surface area (Å²) in [5.41, 5.74) is 1.94. The van der Waals surface area contributed by atoms with Crippen molar-refractivity contribution in [3.05, 3.63) is 58.9 Å². The lowest BCUT2D eigenvalue weighted by atomic mass is 10.0. The summed E-state index contributed by atoms with van der Waals surface area (Å²) in [5.74, 6) is 0.772. The third kappa shape index (κ3) is 3.25. The molecule has 0 saturated carbocycles. The van der Waals surface area contributed by atoms with Crippen molar-refractivity contribution < 1.29 is 4.74 Å². The number of hydrogen-bond donors (Lipinski definition) is 1. The first-order chi connectivity index (χ1) is 9.26. The third-order valence-electron chi connectivity index (χ3n) is 2.88. The fourth-order valence-electron chi connectivity index (χ4n) is 2.05. The molecule has 1 N–H and O–H groups in total. The SMILES string of the molecule is CCNC(c1cccc(Cl)c1)c1ncccc1OC. The Morgan fingerprint density at radius 1 is 1.32 bits per heavy atom. The van der Waals surface area contributed by atoms with Crippen LogP contribution in [0.1, 0.15) is 24.2 Å². The van der Waals surface area contributed by atoms with Crippen LogP contribution in [0.2, 0.25) is 5.02 Å². The lowest BCUT2D eigenvalue weighted by Crippen LogP contribution is -2.23. The summed E-state index contributed by atoms with van der Waals surface area (Å²) < 4.78 is 5.39. The minimum absolute atomic E-state index is 0.0279. The van der Waals surface area contributed by atoms with E-state index in [2.05, 4.69) is 17.2 Å². The first-order valence-corrected chi connectivity index (χ1v) is 6.61. The van der Waals surface area contributed by atoms with Crippen molar-refractivity contribution in [1.82, 2.24) is 10.3 Å². The second kappa shape index (κ2) is 6.55. The van der Waals surface area contributed by atoms with Crippen LogP contribution in [0.25, 0.3) is 0 Å². The number of nitrogens with one attached hydrogen (secondary N) is 1. The number of ether oxygens (including phenoxy) is 1. The largest absolute Gasteiger partial charge is 0.495 e. The molecule has 1 unspecified atom stereocenters. The summed E-state index contributed by atoms with van der Waals surface area (Å²) in [6, 6.07) is 11.5. The van der Waals surface area contributed by atoms with Crippen LogP contribution < -0.4 is 10.1 Å². The standard InChI is InChI=1S/C15H17ClN2O/c1-3-17-14(11-6-4-7-12(16)10-11)15-13(19-2)8-5-9-18-15/h4-10,14,17H,3H2,1-2H3. The summed E-state index contributed by atoms with van der Waals surface area (Å²) in [5, 5.41) is 4.13. The van der Waals surface area contributed by atoms with Gasteiger partial charge in [0.25, 0.3) is 0 Å². The van der Waals surface area contributed by atoms with Crippen LogP contribution in [-0.4, -0.2) is 18.6 Å². The molecule has 0 fully saturated rings. The number of benzene rings is 1. The zero-order chi connectivity index (χ0) is 13.7. The Morgan fingerprint density at radius 2 is 2.16 bits per heavy atom. The topological polar surface area (TPSA) is 34.2 Å². The van der Waals surface area contributed by atoms with Gasteiger partial charge in [-0.25, -0.2) is 0 Å². The number of halogens is 1. The van der Waals surface area contributed by atoms with E-state index in [0.717, 1.165) is 28.6 Å². The Morgan fingerprint density at radius 3 is 2.84 bits per heavy atom. The highest BCUT2D eigenvalue weighted by molar-refractivity contribution is 6.30. The second-order valence-corrected chi connectivity index (χ2v) is 4.57. The normalized spacial score (nSPS) is 12.2. The predicted octanol–water partition coefficient (Wildman–Crippen LogP) is 3.44. The predicted molar refractivity (Wildman–Crippen MR) is 77.8 cm³/mol. The Kier molecular flexibility index (Phi) is 4.77. The minimum Gasteiger partial charge on any atom is -0.495 e. The van der Waals surface area contributed by atoms with Gasteiger partial charge in [-0.15, -0.1) is 0 Å². The highest BCUT2D eigenvalue weighted by atomic mass is 35.5. The molecule has 0 amide bonds. The summed E-state index contributed by atoms with van der Waals surface area (Å²) >= 11 is 6.07. The van der Waals surface area contributed by atoms with Gasteiger partial charge in [0.05, 0.1) is 13.2 Å². The molecule has 19 heavy (non-hydrogen) atoms. The van der Waals surface area contributed by atoms with E-state index in [1.54, 1.807) is 13.3 Å². The number of aromatic nitrogens is 1. The van der Waals surface area contributed by atoms with E-state index >= 15 is 0 Å². The van der Waals surface area contributed by atoms with E-state index < -0.39 is 0 Å². The Labute approximate surface area is 118 Å². The van der Waals surface area contributed by atoms with Gasteiger partial charge in [-0.2, -0.15) is 0 Å². The van der Waals surface area contributed by atoms with Gasteiger partial charge in [0.15, 0.2) is 0 Å². The average molecular weight is 277 g/mol. The molecule has 1 atom stereocenters. The maximum atomic E-state index is 6.07. The molecule has 0 bridgehead atoms. The molecule has 0 spiro atoms. The molecule has 0 saturated heterocycles. The highest BCUT2D eigenvalue weighted by Gasteiger charge is 2.18. The molecule has 0 aliphatic rings. The van der Waals surface area contributed by atoms with Crippen LogP contribution >= 0.6 is 11.6 Å². The van der Waals surface area contributed by atoms with Gasteiger partial charge >= 0.3 is 0 Å². The Bertz CT molecular complexity index is 545. The Balaban J connectivity index is 2.45. The molecule has 1 aromatic carbocycles. The maximum absolute atomic E-state index is 6.07. The molecular formula is C15H17ClN2O. The molecule has 0 aliphatic heterocycles. The van der Waals surface area contributed by atoms with Gasteiger partial charge in [0.2, 0.25) is 0 Å². The fraction of sp³-hybridized carbons (Fsp3) is 0.267. The van der Waals surface area contributed by atoms with Crippen molar-refractivity contribution in [2.75, 3.05) is 13.7 Å². The number of nitrogens with zero attached hydrogens (tertiary/aromatic N) is 1. The molecule has 3 nitrogen and oxygen atoms in total. The van der Waals surface area contributed by atoms with Crippen LogP contribution in [0.5, 0.6) is 5.75 Å². The Hall–Kier alpha value is -1.58. The summed E-state index contributed by atoms with van der Waals surface area (Å²) in [7, 11) is 1.65. The molecule has 100 valence electrons. The van der Waals surface area contributed by atoms with Crippen LogP contribution in [0.4, 0.5) is 0 Å². The molecule has 0 aliphatic carbocycles. The van der Waals surface area contributed by atoms with Gasteiger partial charge in [-0.1, -0.05) is 30.7 Å².